The van der Waals surface area contributed by atoms with E-state index in [0.717, 1.165) is 45.1 Å². The Balaban J connectivity index is 1.56. The van der Waals surface area contributed by atoms with Crippen LogP contribution in [0.5, 0.6) is 0 Å². The highest BCUT2D eigenvalue weighted by molar-refractivity contribution is 5.96. The average Bonchev–Trinajstić information content (AvgIpc) is 3.23. The van der Waals surface area contributed by atoms with Gasteiger partial charge >= 0.3 is 6.03 Å². The molecule has 1 aliphatic carbocycles. The van der Waals surface area contributed by atoms with Crippen LogP contribution in [-0.4, -0.2) is 35.1 Å². The minimum Gasteiger partial charge on any atom is -0.350 e. The number of hydrogen-bond donors (Lipinski definition) is 3. The molecule has 1 saturated carbocycles. The fourth-order valence-corrected chi connectivity index (χ4v) is 4.42. The van der Waals surface area contributed by atoms with Gasteiger partial charge < -0.3 is 14.8 Å². The van der Waals surface area contributed by atoms with E-state index in [9.17, 15) is 9.59 Å². The minimum absolute atomic E-state index is 0.176. The van der Waals surface area contributed by atoms with Crippen molar-refractivity contribution in [2.75, 3.05) is 6.54 Å². The number of imide groups is 1. The fourth-order valence-electron chi connectivity index (χ4n) is 4.42. The number of nitrogens with one attached hydrogen (secondary N) is 3. The number of amides is 3. The van der Waals surface area contributed by atoms with Crippen molar-refractivity contribution in [3.8, 4) is 0 Å². The molecule has 25 heavy (non-hydrogen) atoms. The van der Waals surface area contributed by atoms with Gasteiger partial charge in [-0.3, -0.25) is 10.1 Å². The molecule has 0 radical (unpaired) electrons. The Morgan fingerprint density at radius 2 is 1.96 bits per heavy atom. The van der Waals surface area contributed by atoms with Crippen LogP contribution in [0.1, 0.15) is 63.6 Å². The van der Waals surface area contributed by atoms with Gasteiger partial charge in [-0.15, -0.1) is 0 Å². The lowest BCUT2D eigenvalue weighted by molar-refractivity contribution is -0.932. The topological polar surface area (TPSA) is 67.6 Å². The Hall–Kier alpha value is -1.82. The minimum atomic E-state index is -0.335. The third-order valence-electron chi connectivity index (χ3n) is 5.87. The average molecular weight is 347 g/mol. The molecule has 6 heteroatoms. The van der Waals surface area contributed by atoms with E-state index in [1.807, 2.05) is 26.2 Å². The Labute approximate surface area is 149 Å². The zero-order valence-corrected chi connectivity index (χ0v) is 15.4. The second-order valence-electron chi connectivity index (χ2n) is 7.58. The maximum absolute atomic E-state index is 12.6. The van der Waals surface area contributed by atoms with E-state index in [2.05, 4.69) is 21.3 Å². The molecule has 1 aliphatic heterocycles. The molecule has 3 amide bonds. The van der Waals surface area contributed by atoms with Crippen LogP contribution >= 0.6 is 0 Å². The third-order valence-corrected chi connectivity index (χ3v) is 5.87. The van der Waals surface area contributed by atoms with Crippen molar-refractivity contribution >= 4 is 11.9 Å². The lowest BCUT2D eigenvalue weighted by Gasteiger charge is -2.27. The molecule has 1 aromatic heterocycles. The second kappa shape index (κ2) is 8.04. The number of quaternary nitrogens is 1. The number of urea groups is 1. The summed E-state index contributed by atoms with van der Waals surface area (Å²) in [5, 5.41) is 5.53. The molecule has 3 rings (SSSR count). The van der Waals surface area contributed by atoms with Gasteiger partial charge in [-0.1, -0.05) is 19.3 Å². The van der Waals surface area contributed by atoms with Gasteiger partial charge in [-0.2, -0.15) is 0 Å². The van der Waals surface area contributed by atoms with Gasteiger partial charge in [-0.25, -0.2) is 4.79 Å². The number of aryl methyl sites for hydroxylation is 1. The Bertz CT molecular complexity index is 606. The van der Waals surface area contributed by atoms with E-state index in [-0.39, 0.29) is 24.0 Å². The summed E-state index contributed by atoms with van der Waals surface area (Å²) in [6.45, 7) is 2.90. The number of carbonyl (C=O) groups excluding carboxylic acids is 2. The number of likely N-dealkylation sites (tertiary alicyclic amines) is 1. The van der Waals surface area contributed by atoms with Crippen LogP contribution in [0.4, 0.5) is 4.79 Å². The Morgan fingerprint density at radius 3 is 2.64 bits per heavy atom. The zero-order chi connectivity index (χ0) is 17.8. The molecule has 138 valence electrons. The lowest BCUT2D eigenvalue weighted by atomic mass is 9.96. The first kappa shape index (κ1) is 18.0. The van der Waals surface area contributed by atoms with Crippen LogP contribution in [0.15, 0.2) is 18.3 Å². The summed E-state index contributed by atoms with van der Waals surface area (Å²) in [5.74, 6) is -0.176. The standard InChI is InChI=1S/C19H30N4O2/c1-14(18(24)21-19(25)20-15-8-4-3-5-9-15)23-13-7-11-17(23)16-10-6-12-22(16)2/h6,10,12,14-15,17H,3-5,7-9,11,13H2,1-2H3,(H2,20,21,24,25)/p+1/t14-,17+/m0/s1. The summed E-state index contributed by atoms with van der Waals surface area (Å²) in [6.07, 6.45) is 9.84. The van der Waals surface area contributed by atoms with Gasteiger partial charge in [0.05, 0.1) is 12.2 Å². The van der Waals surface area contributed by atoms with Crippen molar-refractivity contribution in [2.24, 2.45) is 7.05 Å². The van der Waals surface area contributed by atoms with Crippen molar-refractivity contribution in [3.05, 3.63) is 24.0 Å². The fraction of sp³-hybridized carbons (Fsp3) is 0.684. The maximum atomic E-state index is 12.6. The molecule has 3 N–H and O–H groups in total. The highest BCUT2D eigenvalue weighted by Gasteiger charge is 2.38. The van der Waals surface area contributed by atoms with E-state index < -0.39 is 0 Å². The van der Waals surface area contributed by atoms with Gasteiger partial charge in [0, 0.05) is 32.1 Å². The molecule has 2 aliphatic rings. The molecule has 1 aromatic rings. The molecule has 3 atom stereocenters. The molecule has 1 unspecified atom stereocenters. The van der Waals surface area contributed by atoms with Crippen molar-refractivity contribution in [2.45, 2.75) is 70.0 Å². The van der Waals surface area contributed by atoms with E-state index in [4.69, 9.17) is 0 Å². The molecule has 0 spiro atoms. The summed E-state index contributed by atoms with van der Waals surface area (Å²) >= 11 is 0. The number of aromatic nitrogens is 1. The monoisotopic (exact) mass is 347 g/mol. The van der Waals surface area contributed by atoms with Crippen LogP contribution in [0.25, 0.3) is 0 Å². The SMILES string of the molecule is C[C@@H](C(=O)NC(=O)NC1CCCCC1)[NH+]1CCC[C@@H]1c1cccn1C. The summed E-state index contributed by atoms with van der Waals surface area (Å²) in [6, 6.07) is 4.15. The van der Waals surface area contributed by atoms with Crippen LogP contribution in [0, 0.1) is 0 Å². The number of nitrogens with zero attached hydrogens (tertiary/aromatic N) is 1. The summed E-state index contributed by atoms with van der Waals surface area (Å²) in [5.41, 5.74) is 1.26. The van der Waals surface area contributed by atoms with E-state index >= 15 is 0 Å². The van der Waals surface area contributed by atoms with Crippen molar-refractivity contribution in [3.63, 3.8) is 0 Å². The molecular formula is C19H31N4O2+. The van der Waals surface area contributed by atoms with Crippen LogP contribution in [-0.2, 0) is 11.8 Å². The molecule has 6 nitrogen and oxygen atoms in total. The summed E-state index contributed by atoms with van der Waals surface area (Å²) in [4.78, 5) is 26.0. The predicted molar refractivity (Wildman–Crippen MR) is 96.2 cm³/mol. The maximum Gasteiger partial charge on any atom is 0.321 e. The molecular weight excluding hydrogens is 316 g/mol. The van der Waals surface area contributed by atoms with Gasteiger partial charge in [0.15, 0.2) is 6.04 Å². The van der Waals surface area contributed by atoms with Crippen LogP contribution < -0.4 is 15.5 Å². The first-order chi connectivity index (χ1) is 12.1. The van der Waals surface area contributed by atoms with E-state index in [0.29, 0.717) is 6.04 Å². The smallest absolute Gasteiger partial charge is 0.321 e. The molecule has 0 aromatic carbocycles. The Kier molecular flexibility index (Phi) is 5.78. The first-order valence-electron chi connectivity index (χ1n) is 9.64. The lowest BCUT2D eigenvalue weighted by Crippen LogP contribution is -3.15. The van der Waals surface area contributed by atoms with Crippen molar-refractivity contribution in [1.29, 1.82) is 0 Å². The van der Waals surface area contributed by atoms with E-state index in [1.165, 1.54) is 17.0 Å². The predicted octanol–water partition coefficient (Wildman–Crippen LogP) is 1.29. The number of rotatable bonds is 4. The van der Waals surface area contributed by atoms with Gasteiger partial charge in [0.2, 0.25) is 0 Å². The van der Waals surface area contributed by atoms with Crippen LogP contribution in [0.2, 0.25) is 0 Å². The van der Waals surface area contributed by atoms with Crippen molar-refractivity contribution < 1.29 is 14.5 Å². The summed E-state index contributed by atoms with van der Waals surface area (Å²) in [7, 11) is 2.05. The third kappa shape index (κ3) is 4.24. The van der Waals surface area contributed by atoms with Gasteiger partial charge in [-0.05, 0) is 31.9 Å². The normalized spacial score (nSPS) is 25.5. The Morgan fingerprint density at radius 1 is 1.20 bits per heavy atom. The highest BCUT2D eigenvalue weighted by Crippen LogP contribution is 2.20. The second-order valence-corrected chi connectivity index (χ2v) is 7.58. The van der Waals surface area contributed by atoms with E-state index in [1.54, 1.807) is 0 Å². The quantitative estimate of drug-likeness (QED) is 0.768. The molecule has 2 heterocycles. The van der Waals surface area contributed by atoms with Gasteiger partial charge in [0.1, 0.15) is 6.04 Å². The number of carbonyl (C=O) groups is 2. The largest absolute Gasteiger partial charge is 0.350 e. The highest BCUT2D eigenvalue weighted by atomic mass is 16.2. The molecule has 1 saturated heterocycles. The molecule has 2 fully saturated rings. The zero-order valence-electron chi connectivity index (χ0n) is 15.4. The molecule has 0 bridgehead atoms. The summed E-state index contributed by atoms with van der Waals surface area (Å²) < 4.78 is 2.14. The van der Waals surface area contributed by atoms with Crippen LogP contribution in [0.3, 0.4) is 0 Å². The van der Waals surface area contributed by atoms with Crippen molar-refractivity contribution in [1.82, 2.24) is 15.2 Å². The number of hydrogen-bond acceptors (Lipinski definition) is 2. The first-order valence-corrected chi connectivity index (χ1v) is 9.64. The van der Waals surface area contributed by atoms with Gasteiger partial charge in [0.25, 0.3) is 5.91 Å².